The van der Waals surface area contributed by atoms with Crippen LogP contribution >= 0.6 is 0 Å². The van der Waals surface area contributed by atoms with Crippen molar-refractivity contribution in [2.45, 2.75) is 23.2 Å². The number of benzene rings is 12. The third kappa shape index (κ3) is 17.2. The van der Waals surface area contributed by atoms with Gasteiger partial charge in [-0.3, -0.25) is 4.55 Å². The maximum absolute atomic E-state index is 9.88. The Bertz CT molecular complexity index is 3570. The van der Waals surface area contributed by atoms with E-state index in [2.05, 4.69) is 126 Å². The predicted molar refractivity (Wildman–Crippen MR) is 386 cm³/mol. The number of anilines is 8. The number of aromatic hydroxyl groups is 3. The van der Waals surface area contributed by atoms with Gasteiger partial charge in [0.15, 0.2) is 0 Å². The van der Waals surface area contributed by atoms with Crippen molar-refractivity contribution in [1.29, 1.82) is 0 Å². The van der Waals surface area contributed by atoms with Gasteiger partial charge < -0.3 is 71.3 Å². The molecule has 0 spiro atoms. The molecule has 19 nitrogen and oxygen atoms in total. The van der Waals surface area contributed by atoms with Crippen LogP contribution in [0.1, 0.15) is 73.8 Å². The number of hydrogen-bond acceptors (Lipinski definition) is 18. The van der Waals surface area contributed by atoms with Gasteiger partial charge in [-0.25, -0.2) is 5.26 Å². The van der Waals surface area contributed by atoms with Crippen LogP contribution in [-0.4, -0.2) is 33.5 Å². The van der Waals surface area contributed by atoms with Crippen LogP contribution in [0.4, 0.5) is 45.5 Å². The Kier molecular flexibility index (Phi) is 24.6. The van der Waals surface area contributed by atoms with Gasteiger partial charge in [0.2, 0.25) is 0 Å². The van der Waals surface area contributed by atoms with E-state index in [0.29, 0.717) is 0 Å². The molecule has 0 amide bonds. The van der Waals surface area contributed by atoms with E-state index in [0.717, 1.165) is 123 Å². The monoisotopic (exact) mass is 1330 g/mol. The van der Waals surface area contributed by atoms with Crippen LogP contribution in [0.15, 0.2) is 297 Å². The van der Waals surface area contributed by atoms with Gasteiger partial charge in [0.05, 0.1) is 16.2 Å². The van der Waals surface area contributed by atoms with Gasteiger partial charge in [0.1, 0.15) is 17.2 Å². The maximum Gasteiger partial charge on any atom is 1.00 e. The smallest absolute Gasteiger partial charge is 0.508 e. The minimum Gasteiger partial charge on any atom is -0.508 e. The van der Waals surface area contributed by atoms with E-state index in [9.17, 15) is 15.3 Å². The van der Waals surface area contributed by atoms with Gasteiger partial charge in [0.25, 0.3) is 0 Å². The molecule has 0 saturated heterocycles. The van der Waals surface area contributed by atoms with Crippen LogP contribution in [0, 0.1) is 17.0 Å². The van der Waals surface area contributed by atoms with Gasteiger partial charge >= 0.3 is 40.0 Å². The molecule has 21 heteroatoms. The average Bonchev–Trinajstić information content (AvgIpc) is 0.751. The fraction of sp³-hybridized carbons (Fsp3) is 0.0526. The molecular formula is C76H74N9NaO10S. The average molecular weight is 1330 g/mol. The topological polar surface area (TPSA) is 405 Å². The first-order chi connectivity index (χ1) is 46.0. The van der Waals surface area contributed by atoms with Crippen molar-refractivity contribution >= 4 is 55.9 Å². The molecule has 0 aromatic heterocycles. The van der Waals surface area contributed by atoms with Crippen molar-refractivity contribution < 1.29 is 68.9 Å². The summed E-state index contributed by atoms with van der Waals surface area (Å²) >= 11 is 0. The summed E-state index contributed by atoms with van der Waals surface area (Å²) in [5.74, 6) is 0.592. The molecule has 21 N–H and O–H groups in total. The molecule has 0 atom stereocenters. The van der Waals surface area contributed by atoms with E-state index in [1.807, 2.05) is 140 Å². The summed E-state index contributed by atoms with van der Waals surface area (Å²) in [6.45, 7) is 2.05. The quantitative estimate of drug-likeness (QED) is 0.00970. The molecule has 12 rings (SSSR count). The molecule has 12 aromatic rings. The summed E-state index contributed by atoms with van der Waals surface area (Å²) in [4.78, 5) is 8.00. The molecule has 0 unspecified atom stereocenters. The molecule has 0 aliphatic carbocycles. The number of rotatable bonds is 13. The number of nitrogens with two attached hydrogens (primary N) is 8. The first-order valence-corrected chi connectivity index (χ1v) is 30.9. The fourth-order valence-corrected chi connectivity index (χ4v) is 11.8. The zero-order valence-electron chi connectivity index (χ0n) is 53.0. The largest absolute Gasteiger partial charge is 1.00 e. The Morgan fingerprint density at radius 3 is 0.526 bits per heavy atom. The zero-order chi connectivity index (χ0) is 69.2. The van der Waals surface area contributed by atoms with E-state index in [4.69, 9.17) is 74.2 Å². The van der Waals surface area contributed by atoms with E-state index in [-0.39, 0.29) is 48.2 Å². The van der Waals surface area contributed by atoms with Crippen LogP contribution in [0.2, 0.25) is 0 Å². The summed E-state index contributed by atoms with van der Waals surface area (Å²) in [7, 11) is -4.61. The van der Waals surface area contributed by atoms with E-state index >= 15 is 0 Å². The molecule has 0 fully saturated rings. The molecule has 0 bridgehead atoms. The number of phenolic OH excluding ortho intramolecular Hbond substituents is 3. The van der Waals surface area contributed by atoms with Crippen LogP contribution < -0.4 is 75.4 Å². The van der Waals surface area contributed by atoms with E-state index in [1.54, 1.807) is 36.4 Å². The predicted octanol–water partition coefficient (Wildman–Crippen LogP) is 11.1. The molecule has 0 aliphatic heterocycles. The molecular weight excluding hydrogens is 1250 g/mol. The second-order valence-corrected chi connectivity index (χ2v) is 23.3. The summed E-state index contributed by atoms with van der Waals surface area (Å²) in [5, 5.41) is 45.7. The number of phenols is 3. The summed E-state index contributed by atoms with van der Waals surface area (Å²) in [6.07, 6.45) is 0. The fourth-order valence-electron chi connectivity index (χ4n) is 11.8. The molecule has 97 heavy (non-hydrogen) atoms. The molecule has 0 aliphatic rings. The maximum atomic E-state index is 9.88. The minimum absolute atomic E-state index is 0. The van der Waals surface area contributed by atoms with Crippen molar-refractivity contribution in [3.63, 3.8) is 0 Å². The van der Waals surface area contributed by atoms with Crippen molar-refractivity contribution in [3.05, 3.63) is 374 Å². The number of hydrogen-bond donors (Lipinski definition) is 13. The SMILES string of the molecule is Cc1ccc(C(c2ccc(O)cc2)(c2ccc(O)cc2)c2ccc(O)cc2)cc1.Nc1ccc(C(c2ccc(N)cc2)(c2ccc(N)cc2)c2ccc(N)cc2)cc1.Nc1ccc(C(c2ccc(N)cc2)(c2ccc(N)cc2)c2ccc(N)cc2)cc1.O=N[O-].O=S(=O)(O)OO.[HH].[Na+]. The Labute approximate surface area is 586 Å². The number of nitrogens with zero attached hydrogens (tertiary/aromatic N) is 1. The van der Waals surface area contributed by atoms with Gasteiger partial charge in [0, 0.05) is 46.9 Å². The van der Waals surface area contributed by atoms with Crippen LogP contribution in [0.5, 0.6) is 17.2 Å². The van der Waals surface area contributed by atoms with Crippen molar-refractivity contribution in [2.24, 2.45) is 5.34 Å². The molecule has 0 saturated carbocycles. The van der Waals surface area contributed by atoms with Crippen molar-refractivity contribution in [1.82, 2.24) is 0 Å². The van der Waals surface area contributed by atoms with E-state index in [1.165, 1.54) is 0 Å². The van der Waals surface area contributed by atoms with Crippen molar-refractivity contribution in [2.75, 3.05) is 45.9 Å². The Hall–Kier alpha value is -11.3. The number of nitrogen functional groups attached to an aromatic ring is 8. The second kappa shape index (κ2) is 32.7. The molecule has 490 valence electrons. The van der Waals surface area contributed by atoms with Crippen molar-refractivity contribution in [3.8, 4) is 17.2 Å². The Morgan fingerprint density at radius 2 is 0.412 bits per heavy atom. The standard InChI is InChI=1S/C26H22O3.2C25H24N4.HNO2.Na.H2O5S.H2/c1-18-2-4-19(5-3-18)26(20-6-12-23(27)13-7-20,21-8-14-24(28)15-9-21)22-10-16-25(29)17-11-22;2*26-21-9-1-17(2-10-21)25(18-3-11-22(27)12-4-18,19-5-13-23(28)14-6-19)20-7-15-24(29)16-8-20;2-1-3;;1-5-6(2,3)4;/h2-17,27-29H,1H3;2*1-16H,26-29H2;(H,2,3);;1H,(H,2,3,4);1H/q;;;;+1;;/p-1. The summed E-state index contributed by atoms with van der Waals surface area (Å²) < 4.78 is 28.0. The third-order valence-corrected chi connectivity index (χ3v) is 16.4. The first kappa shape index (κ1) is 73.1. The molecule has 0 heterocycles. The second-order valence-electron chi connectivity index (χ2n) is 22.3. The van der Waals surface area contributed by atoms with Gasteiger partial charge in [-0.2, -0.15) is 8.42 Å². The molecule has 12 aromatic carbocycles. The Morgan fingerprint density at radius 1 is 0.309 bits per heavy atom. The van der Waals surface area contributed by atoms with Crippen LogP contribution in [0.3, 0.4) is 0 Å². The van der Waals surface area contributed by atoms with Crippen LogP contribution in [-0.2, 0) is 31.0 Å². The first-order valence-electron chi connectivity index (χ1n) is 29.6. The minimum atomic E-state index is -4.61. The van der Waals surface area contributed by atoms with Gasteiger partial charge in [-0.1, -0.05) is 168 Å². The molecule has 0 radical (unpaired) electrons. The summed E-state index contributed by atoms with van der Waals surface area (Å²) in [5.41, 5.74) is 65.7. The zero-order valence-corrected chi connectivity index (χ0v) is 55.8. The normalized spacial score (nSPS) is 11.0. The van der Waals surface area contributed by atoms with Gasteiger partial charge in [-0.05, 0) is 207 Å². The third-order valence-electron chi connectivity index (χ3n) is 16.2. The Balaban J connectivity index is 0.000000216. The summed E-state index contributed by atoms with van der Waals surface area (Å²) in [6, 6.07) is 93.8. The van der Waals surface area contributed by atoms with Crippen LogP contribution in [0.25, 0.3) is 0 Å². The number of aryl methyl sites for hydroxylation is 1. The van der Waals surface area contributed by atoms with Gasteiger partial charge in [-0.15, -0.1) is 5.34 Å². The van der Waals surface area contributed by atoms with E-state index < -0.39 is 26.6 Å².